The van der Waals surface area contributed by atoms with Crippen LogP contribution in [0.15, 0.2) is 0 Å². The molecule has 3 unspecified atom stereocenters. The van der Waals surface area contributed by atoms with Crippen molar-refractivity contribution in [3.63, 3.8) is 0 Å². The summed E-state index contributed by atoms with van der Waals surface area (Å²) in [6.07, 6.45) is 6.81. The molecule has 0 spiro atoms. The highest BCUT2D eigenvalue weighted by atomic mass is 35.5. The van der Waals surface area contributed by atoms with Crippen LogP contribution in [0.5, 0.6) is 0 Å². The lowest BCUT2D eigenvalue weighted by Gasteiger charge is -2.38. The fourth-order valence-electron chi connectivity index (χ4n) is 3.98. The van der Waals surface area contributed by atoms with Crippen molar-refractivity contribution in [2.24, 2.45) is 23.7 Å². The second-order valence-corrected chi connectivity index (χ2v) is 7.40. The summed E-state index contributed by atoms with van der Waals surface area (Å²) in [6.45, 7) is 9.07. The van der Waals surface area contributed by atoms with Crippen LogP contribution in [0.2, 0.25) is 0 Å². The molecule has 1 saturated heterocycles. The number of halogens is 1. The third-order valence-electron chi connectivity index (χ3n) is 5.30. The van der Waals surface area contributed by atoms with Gasteiger partial charge in [-0.05, 0) is 62.4 Å². The zero-order chi connectivity index (χ0) is 14.5. The van der Waals surface area contributed by atoms with Crippen molar-refractivity contribution in [1.29, 1.82) is 0 Å². The molecule has 1 heterocycles. The third-order valence-corrected chi connectivity index (χ3v) is 5.30. The summed E-state index contributed by atoms with van der Waals surface area (Å²) in [7, 11) is 0. The fraction of sp³-hybridized carbons (Fsp3) is 0.941. The molecule has 0 aromatic heterocycles. The molecule has 124 valence electrons. The molecular formula is C17H33ClN2O. The summed E-state index contributed by atoms with van der Waals surface area (Å²) in [5.74, 6) is 2.99. The van der Waals surface area contributed by atoms with E-state index in [1.165, 1.54) is 19.3 Å². The number of carbonyl (C=O) groups is 1. The van der Waals surface area contributed by atoms with Crippen LogP contribution in [0.3, 0.4) is 0 Å². The van der Waals surface area contributed by atoms with Crippen LogP contribution in [-0.2, 0) is 4.79 Å². The van der Waals surface area contributed by atoms with E-state index in [4.69, 9.17) is 0 Å². The number of nitrogens with one attached hydrogen (secondary N) is 2. The Hall–Kier alpha value is -0.280. The topological polar surface area (TPSA) is 41.1 Å². The Morgan fingerprint density at radius 3 is 2.48 bits per heavy atom. The molecule has 1 saturated carbocycles. The summed E-state index contributed by atoms with van der Waals surface area (Å²) < 4.78 is 0. The Bertz CT molecular complexity index is 316. The first kappa shape index (κ1) is 18.8. The van der Waals surface area contributed by atoms with Gasteiger partial charge in [0.15, 0.2) is 0 Å². The van der Waals surface area contributed by atoms with Crippen molar-refractivity contribution >= 4 is 18.3 Å². The lowest BCUT2D eigenvalue weighted by molar-refractivity contribution is -0.123. The Balaban J connectivity index is 0.00000220. The predicted octanol–water partition coefficient (Wildman–Crippen LogP) is 3.37. The zero-order valence-corrected chi connectivity index (χ0v) is 14.7. The Kier molecular flexibility index (Phi) is 8.04. The quantitative estimate of drug-likeness (QED) is 0.835. The van der Waals surface area contributed by atoms with E-state index >= 15 is 0 Å². The molecular weight excluding hydrogens is 284 g/mol. The van der Waals surface area contributed by atoms with Gasteiger partial charge in [0.2, 0.25) is 5.91 Å². The van der Waals surface area contributed by atoms with Gasteiger partial charge >= 0.3 is 0 Å². The van der Waals surface area contributed by atoms with Gasteiger partial charge in [-0.25, -0.2) is 0 Å². The van der Waals surface area contributed by atoms with E-state index < -0.39 is 0 Å². The highest BCUT2D eigenvalue weighted by Gasteiger charge is 2.32. The number of piperidine rings is 1. The summed E-state index contributed by atoms with van der Waals surface area (Å²) in [5, 5.41) is 6.73. The number of rotatable bonds is 4. The van der Waals surface area contributed by atoms with Crippen LogP contribution < -0.4 is 10.6 Å². The van der Waals surface area contributed by atoms with Gasteiger partial charge in [0, 0.05) is 12.5 Å². The van der Waals surface area contributed by atoms with Gasteiger partial charge in [-0.2, -0.15) is 0 Å². The lowest BCUT2D eigenvalue weighted by Crippen LogP contribution is -2.46. The van der Waals surface area contributed by atoms with E-state index in [0.717, 1.165) is 38.3 Å². The number of hydrogen-bond acceptors (Lipinski definition) is 2. The van der Waals surface area contributed by atoms with Crippen molar-refractivity contribution in [3.8, 4) is 0 Å². The Morgan fingerprint density at radius 2 is 1.86 bits per heavy atom. The molecule has 0 bridgehead atoms. The molecule has 3 nitrogen and oxygen atoms in total. The normalized spacial score (nSPS) is 30.8. The molecule has 1 amide bonds. The SMILES string of the molecule is CC1CCC(C(C)C)C(NC(=O)CC2CCNCC2)C1.Cl. The van der Waals surface area contributed by atoms with Crippen LogP contribution >= 0.6 is 12.4 Å². The molecule has 2 aliphatic rings. The van der Waals surface area contributed by atoms with Crippen LogP contribution in [-0.4, -0.2) is 25.0 Å². The summed E-state index contributed by atoms with van der Waals surface area (Å²) in [4.78, 5) is 12.3. The largest absolute Gasteiger partial charge is 0.353 e. The molecule has 2 rings (SSSR count). The van der Waals surface area contributed by atoms with Crippen molar-refractivity contribution in [3.05, 3.63) is 0 Å². The van der Waals surface area contributed by atoms with Gasteiger partial charge in [0.05, 0.1) is 0 Å². The van der Waals surface area contributed by atoms with Gasteiger partial charge in [-0.3, -0.25) is 4.79 Å². The number of carbonyl (C=O) groups excluding carboxylic acids is 1. The molecule has 3 atom stereocenters. The average molecular weight is 317 g/mol. The van der Waals surface area contributed by atoms with E-state index in [9.17, 15) is 4.79 Å². The monoisotopic (exact) mass is 316 g/mol. The minimum atomic E-state index is 0. The third kappa shape index (κ3) is 5.78. The second kappa shape index (κ2) is 8.99. The molecule has 0 radical (unpaired) electrons. The van der Waals surface area contributed by atoms with Crippen LogP contribution in [0, 0.1) is 23.7 Å². The summed E-state index contributed by atoms with van der Waals surface area (Å²) >= 11 is 0. The van der Waals surface area contributed by atoms with E-state index in [-0.39, 0.29) is 12.4 Å². The Labute approximate surface area is 136 Å². The first-order valence-electron chi connectivity index (χ1n) is 8.56. The molecule has 2 N–H and O–H groups in total. The minimum Gasteiger partial charge on any atom is -0.353 e. The average Bonchev–Trinajstić information content (AvgIpc) is 2.39. The summed E-state index contributed by atoms with van der Waals surface area (Å²) in [6, 6.07) is 0.410. The van der Waals surface area contributed by atoms with Crippen LogP contribution in [0.25, 0.3) is 0 Å². The maximum absolute atomic E-state index is 12.3. The molecule has 4 heteroatoms. The minimum absolute atomic E-state index is 0. The molecule has 1 aliphatic heterocycles. The first-order valence-corrected chi connectivity index (χ1v) is 8.56. The number of amides is 1. The van der Waals surface area contributed by atoms with Crippen molar-refractivity contribution in [2.45, 2.75) is 65.3 Å². The predicted molar refractivity (Wildman–Crippen MR) is 90.7 cm³/mol. The highest BCUT2D eigenvalue weighted by molar-refractivity contribution is 5.85. The smallest absolute Gasteiger partial charge is 0.220 e. The van der Waals surface area contributed by atoms with E-state index in [2.05, 4.69) is 31.4 Å². The second-order valence-electron chi connectivity index (χ2n) is 7.40. The van der Waals surface area contributed by atoms with Crippen molar-refractivity contribution < 1.29 is 4.79 Å². The van der Waals surface area contributed by atoms with E-state index in [0.29, 0.717) is 29.7 Å². The van der Waals surface area contributed by atoms with E-state index in [1.54, 1.807) is 0 Å². The van der Waals surface area contributed by atoms with Gasteiger partial charge in [-0.15, -0.1) is 12.4 Å². The van der Waals surface area contributed by atoms with Crippen LogP contribution in [0.4, 0.5) is 0 Å². The van der Waals surface area contributed by atoms with Crippen molar-refractivity contribution in [2.75, 3.05) is 13.1 Å². The van der Waals surface area contributed by atoms with Gasteiger partial charge in [-0.1, -0.05) is 27.2 Å². The maximum Gasteiger partial charge on any atom is 0.220 e. The molecule has 2 fully saturated rings. The van der Waals surface area contributed by atoms with Crippen molar-refractivity contribution in [1.82, 2.24) is 10.6 Å². The maximum atomic E-state index is 12.3. The van der Waals surface area contributed by atoms with E-state index in [1.807, 2.05) is 0 Å². The standard InChI is InChI=1S/C17H32N2O.ClH/c1-12(2)15-5-4-13(3)10-16(15)19-17(20)11-14-6-8-18-9-7-14;/h12-16,18H,4-11H2,1-3H3,(H,19,20);1H. The first-order chi connectivity index (χ1) is 9.56. The highest BCUT2D eigenvalue weighted by Crippen LogP contribution is 2.33. The van der Waals surface area contributed by atoms with Gasteiger partial charge < -0.3 is 10.6 Å². The molecule has 1 aliphatic carbocycles. The van der Waals surface area contributed by atoms with Crippen LogP contribution in [0.1, 0.15) is 59.3 Å². The molecule has 21 heavy (non-hydrogen) atoms. The van der Waals surface area contributed by atoms with Gasteiger partial charge in [0.1, 0.15) is 0 Å². The summed E-state index contributed by atoms with van der Waals surface area (Å²) in [5.41, 5.74) is 0. The Morgan fingerprint density at radius 1 is 1.19 bits per heavy atom. The fourth-order valence-corrected chi connectivity index (χ4v) is 3.98. The van der Waals surface area contributed by atoms with Gasteiger partial charge in [0.25, 0.3) is 0 Å². The molecule has 0 aromatic rings. The zero-order valence-electron chi connectivity index (χ0n) is 13.9. The lowest BCUT2D eigenvalue weighted by atomic mass is 9.74. The number of hydrogen-bond donors (Lipinski definition) is 2. The molecule has 0 aromatic carbocycles.